The minimum atomic E-state index is -1.35. The van der Waals surface area contributed by atoms with Gasteiger partial charge in [-0.3, -0.25) is 15.1 Å². The van der Waals surface area contributed by atoms with Crippen LogP contribution >= 0.6 is 11.8 Å². The fourth-order valence-corrected chi connectivity index (χ4v) is 12.6. The average molecular weight is 885 g/mol. The van der Waals surface area contributed by atoms with Gasteiger partial charge in [-0.2, -0.15) is 5.26 Å². The Morgan fingerprint density at radius 3 is 2.41 bits per heavy atom. The van der Waals surface area contributed by atoms with E-state index in [1.165, 1.54) is 7.11 Å². The Bertz CT molecular complexity index is 2410. The molecular weight excluding hydrogens is 829 g/mol. The van der Waals surface area contributed by atoms with Gasteiger partial charge < -0.3 is 42.6 Å². The standard InChI is InChI=1S/C47H56N4O11S/c1-11-56-39-24(4)40-42(60-22-59-40)34-30-20-58-44(52)47(27-18-31(54-9)32(17-25(27)13-14-49-47)61-45(53)62-46(5,6)7)21-63-43(35(34)39)37-36-33-26(15-23(3)38(55-10)41(33)57-12-2)16-28(50(36)8)29(19-48)51(30)37/h15,17-18,28-30,36-37,43,49H,11-14,16,20-22H2,1-10H3/t28?,29-,30-,36+,37?,43+,47+/m0/s1. The van der Waals surface area contributed by atoms with Crippen molar-refractivity contribution < 1.29 is 52.2 Å². The van der Waals surface area contributed by atoms with Gasteiger partial charge in [-0.25, -0.2) is 9.59 Å². The first-order valence-electron chi connectivity index (χ1n) is 21.7. The number of hydrogen-bond donors (Lipinski definition) is 1. The van der Waals surface area contributed by atoms with Gasteiger partial charge in [0, 0.05) is 46.6 Å². The Hall–Kier alpha value is -5.08. The van der Waals surface area contributed by atoms with Crippen LogP contribution in [0.15, 0.2) is 18.2 Å². The summed E-state index contributed by atoms with van der Waals surface area (Å²) in [7, 11) is 5.28. The highest BCUT2D eigenvalue weighted by atomic mass is 32.2. The van der Waals surface area contributed by atoms with E-state index in [0.717, 1.165) is 38.9 Å². The first-order valence-corrected chi connectivity index (χ1v) is 22.7. The first kappa shape index (κ1) is 43.2. The van der Waals surface area contributed by atoms with E-state index in [-0.39, 0.29) is 48.8 Å². The Kier molecular flexibility index (Phi) is 11.1. The molecule has 1 N–H and O–H groups in total. The van der Waals surface area contributed by atoms with Crippen LogP contribution in [0.5, 0.6) is 40.2 Å². The zero-order chi connectivity index (χ0) is 44.7. The SMILES string of the molecule is CCOc1c(C)c2c(c3c1[C@H]1SC[C@]4(NCCc5cc(OC(=O)OC(C)(C)C)c(OC)cc54)C(=O)OC[C@@H]3N3C1[C@H]1c4c(cc(C)c(OC)c4OCC)CC([C@@H]3C#N)N1C)OCO2. The minimum absolute atomic E-state index is 0.0249. The number of thioether (sulfide) groups is 1. The molecule has 10 rings (SSSR count). The Labute approximate surface area is 372 Å². The number of methoxy groups -OCH3 is 2. The number of aryl methyl sites for hydroxylation is 1. The number of benzene rings is 3. The van der Waals surface area contributed by atoms with Gasteiger partial charge in [-0.05, 0) is 103 Å². The molecule has 2 saturated heterocycles. The predicted octanol–water partition coefficient (Wildman–Crippen LogP) is 6.76. The average Bonchev–Trinajstić information content (AvgIpc) is 3.73. The van der Waals surface area contributed by atoms with E-state index in [4.69, 9.17) is 42.6 Å². The lowest BCUT2D eigenvalue weighted by atomic mass is 9.71. The number of likely N-dealkylation sites (N-methyl/N-ethyl adjacent to an activating group) is 1. The van der Waals surface area contributed by atoms with Crippen molar-refractivity contribution in [2.24, 2.45) is 0 Å². The number of hydrogen-bond acceptors (Lipinski definition) is 16. The van der Waals surface area contributed by atoms with Crippen molar-refractivity contribution in [2.75, 3.05) is 60.2 Å². The number of piperazine rings is 1. The van der Waals surface area contributed by atoms with Crippen LogP contribution in [-0.2, 0) is 32.6 Å². The molecule has 2 fully saturated rings. The van der Waals surface area contributed by atoms with Crippen LogP contribution in [0, 0.1) is 25.2 Å². The maximum absolute atomic E-state index is 15.1. The Morgan fingerprint density at radius 1 is 0.968 bits per heavy atom. The van der Waals surface area contributed by atoms with Crippen LogP contribution in [0.1, 0.15) is 96.5 Å². The van der Waals surface area contributed by atoms with Crippen molar-refractivity contribution >= 4 is 23.9 Å². The summed E-state index contributed by atoms with van der Waals surface area (Å²) in [5, 5.41) is 14.5. The van der Waals surface area contributed by atoms with E-state index in [0.29, 0.717) is 66.9 Å². The summed E-state index contributed by atoms with van der Waals surface area (Å²) in [5.41, 5.74) is 5.03. The van der Waals surface area contributed by atoms with Crippen molar-refractivity contribution in [2.45, 2.75) is 108 Å². The summed E-state index contributed by atoms with van der Waals surface area (Å²) in [6.07, 6.45) is 0.286. The number of nitrogens with zero attached hydrogens (tertiary/aromatic N) is 3. The van der Waals surface area contributed by atoms with Gasteiger partial charge in [0.1, 0.15) is 24.0 Å². The molecule has 0 aromatic heterocycles. The monoisotopic (exact) mass is 884 g/mol. The van der Waals surface area contributed by atoms with Crippen LogP contribution in [0.2, 0.25) is 0 Å². The Balaban J connectivity index is 1.27. The molecule has 7 aliphatic rings. The molecule has 3 aromatic carbocycles. The molecule has 15 nitrogen and oxygen atoms in total. The van der Waals surface area contributed by atoms with Gasteiger partial charge in [-0.15, -0.1) is 11.8 Å². The summed E-state index contributed by atoms with van der Waals surface area (Å²) < 4.78 is 55.5. The summed E-state index contributed by atoms with van der Waals surface area (Å²) in [5.74, 6) is 3.46. The lowest BCUT2D eigenvalue weighted by molar-refractivity contribution is -0.157. The quantitative estimate of drug-likeness (QED) is 0.196. The molecule has 7 aliphatic heterocycles. The molecule has 336 valence electrons. The smallest absolute Gasteiger partial charge is 0.493 e. The van der Waals surface area contributed by atoms with E-state index >= 15 is 4.79 Å². The van der Waals surface area contributed by atoms with Gasteiger partial charge in [0.15, 0.2) is 40.0 Å². The highest BCUT2D eigenvalue weighted by Crippen LogP contribution is 2.65. The van der Waals surface area contributed by atoms with E-state index < -0.39 is 40.6 Å². The number of fused-ring (bicyclic) bond motifs is 9. The van der Waals surface area contributed by atoms with Crippen LogP contribution in [0.4, 0.5) is 4.79 Å². The summed E-state index contributed by atoms with van der Waals surface area (Å²) in [4.78, 5) is 32.7. The van der Waals surface area contributed by atoms with Crippen molar-refractivity contribution in [1.82, 2.24) is 15.1 Å². The van der Waals surface area contributed by atoms with Crippen molar-refractivity contribution in [3.8, 4) is 46.3 Å². The molecule has 1 spiro atoms. The predicted molar refractivity (Wildman–Crippen MR) is 233 cm³/mol. The molecule has 7 heterocycles. The van der Waals surface area contributed by atoms with Gasteiger partial charge in [0.05, 0.1) is 50.8 Å². The van der Waals surface area contributed by atoms with Crippen molar-refractivity contribution in [1.29, 1.82) is 5.26 Å². The number of ether oxygens (including phenoxy) is 9. The second-order valence-corrected chi connectivity index (χ2v) is 19.0. The summed E-state index contributed by atoms with van der Waals surface area (Å²) in [6.45, 7) is 14.5. The van der Waals surface area contributed by atoms with Crippen LogP contribution in [0.3, 0.4) is 0 Å². The van der Waals surface area contributed by atoms with E-state index in [9.17, 15) is 10.1 Å². The third kappa shape index (κ3) is 6.71. The molecule has 4 bridgehead atoms. The molecule has 2 unspecified atom stereocenters. The number of nitriles is 1. The van der Waals surface area contributed by atoms with Crippen molar-refractivity contribution in [3.05, 3.63) is 62.7 Å². The fourth-order valence-electron chi connectivity index (χ4n) is 10.9. The van der Waals surface area contributed by atoms with E-state index in [2.05, 4.69) is 34.3 Å². The van der Waals surface area contributed by atoms with Gasteiger partial charge in [0.25, 0.3) is 0 Å². The first-order chi connectivity index (χ1) is 30.2. The summed E-state index contributed by atoms with van der Waals surface area (Å²) >= 11 is 1.62. The Morgan fingerprint density at radius 2 is 1.71 bits per heavy atom. The van der Waals surface area contributed by atoms with Gasteiger partial charge in [-0.1, -0.05) is 6.07 Å². The lowest BCUT2D eigenvalue weighted by Crippen LogP contribution is -2.69. The van der Waals surface area contributed by atoms with Crippen molar-refractivity contribution in [3.63, 3.8) is 0 Å². The van der Waals surface area contributed by atoms with Gasteiger partial charge >= 0.3 is 12.1 Å². The highest BCUT2D eigenvalue weighted by molar-refractivity contribution is 7.99. The summed E-state index contributed by atoms with van der Waals surface area (Å²) in [6, 6.07) is 6.35. The molecule has 0 aliphatic carbocycles. The van der Waals surface area contributed by atoms with Gasteiger partial charge in [0.2, 0.25) is 6.79 Å². The highest BCUT2D eigenvalue weighted by Gasteiger charge is 2.62. The molecule has 16 heteroatoms. The largest absolute Gasteiger partial charge is 0.514 e. The second-order valence-electron chi connectivity index (χ2n) is 17.9. The lowest BCUT2D eigenvalue weighted by Gasteiger charge is -2.62. The molecular formula is C47H56N4O11S. The topological polar surface area (TPSA) is 160 Å². The van der Waals surface area contributed by atoms with Crippen LogP contribution < -0.4 is 38.5 Å². The molecule has 63 heavy (non-hydrogen) atoms. The minimum Gasteiger partial charge on any atom is -0.493 e. The molecule has 0 amide bonds. The van der Waals surface area contributed by atoms with E-state index in [1.54, 1.807) is 51.8 Å². The fraction of sp³-hybridized carbons (Fsp3) is 0.553. The number of carbonyl (C=O) groups is 2. The number of esters is 1. The second kappa shape index (κ2) is 16.2. The number of nitrogens with one attached hydrogen (secondary N) is 1. The zero-order valence-electron chi connectivity index (χ0n) is 37.6. The van der Waals surface area contributed by atoms with Crippen LogP contribution in [-0.4, -0.2) is 106 Å². The molecule has 0 saturated carbocycles. The third-order valence-corrected chi connectivity index (χ3v) is 14.8. The number of carbonyl (C=O) groups excluding carboxylic acids is 2. The van der Waals surface area contributed by atoms with Crippen LogP contribution in [0.25, 0.3) is 0 Å². The molecule has 3 aromatic rings. The normalized spacial score (nSPS) is 26.9. The maximum atomic E-state index is 15.1. The maximum Gasteiger partial charge on any atom is 0.514 e. The molecule has 7 atom stereocenters. The third-order valence-electron chi connectivity index (χ3n) is 13.3. The molecule has 0 radical (unpaired) electrons. The van der Waals surface area contributed by atoms with E-state index in [1.807, 2.05) is 27.7 Å². The zero-order valence-corrected chi connectivity index (χ0v) is 38.4. The number of rotatable bonds is 7.